The van der Waals surface area contributed by atoms with Crippen molar-refractivity contribution in [2.45, 2.75) is 29.7 Å². The van der Waals surface area contributed by atoms with Crippen molar-refractivity contribution in [2.24, 2.45) is 0 Å². The molecule has 0 radical (unpaired) electrons. The fourth-order valence-electron chi connectivity index (χ4n) is 2.82. The van der Waals surface area contributed by atoms with Crippen LogP contribution < -0.4 is 10.1 Å². The molecule has 0 aliphatic rings. The summed E-state index contributed by atoms with van der Waals surface area (Å²) in [5, 5.41) is 7.37. The average molecular weight is 513 g/mol. The van der Waals surface area contributed by atoms with E-state index in [0.29, 0.717) is 16.5 Å². The van der Waals surface area contributed by atoms with E-state index < -0.39 is 15.9 Å². The number of methoxy groups -OCH3 is 1. The fraction of sp³-hybridized carbons (Fsp3) is 0.200. The first-order valence-corrected chi connectivity index (χ1v) is 11.5. The van der Waals surface area contributed by atoms with E-state index in [1.165, 1.54) is 43.5 Å². The number of hydrogen-bond acceptors (Lipinski definition) is 5. The third-order valence-electron chi connectivity index (χ3n) is 4.55. The van der Waals surface area contributed by atoms with Crippen molar-refractivity contribution in [1.29, 1.82) is 0 Å². The molecule has 1 heterocycles. The van der Waals surface area contributed by atoms with Gasteiger partial charge in [-0.2, -0.15) is 5.10 Å². The predicted octanol–water partition coefficient (Wildman–Crippen LogP) is 4.65. The quantitative estimate of drug-likeness (QED) is 0.519. The summed E-state index contributed by atoms with van der Waals surface area (Å²) in [7, 11) is -2.41. The molecule has 0 bridgehead atoms. The predicted molar refractivity (Wildman–Crippen MR) is 118 cm³/mol. The molecule has 1 N–H and O–H groups in total. The first kappa shape index (κ1) is 22.3. The van der Waals surface area contributed by atoms with Crippen molar-refractivity contribution in [2.75, 3.05) is 12.4 Å². The summed E-state index contributed by atoms with van der Waals surface area (Å²) in [5.41, 5.74) is 1.09. The van der Waals surface area contributed by atoms with Gasteiger partial charge in [0.1, 0.15) is 11.8 Å². The van der Waals surface area contributed by atoms with Crippen LogP contribution in [0.5, 0.6) is 5.75 Å². The van der Waals surface area contributed by atoms with Crippen LogP contribution in [0.25, 0.3) is 0 Å². The highest BCUT2D eigenvalue weighted by Gasteiger charge is 2.22. The molecule has 30 heavy (non-hydrogen) atoms. The molecule has 0 saturated heterocycles. The Balaban J connectivity index is 1.94. The summed E-state index contributed by atoms with van der Waals surface area (Å²) in [6.45, 7) is 3.54. The van der Waals surface area contributed by atoms with E-state index in [0.717, 1.165) is 10.2 Å². The summed E-state index contributed by atoms with van der Waals surface area (Å²) in [6, 6.07) is 9.59. The second-order valence-electron chi connectivity index (χ2n) is 6.54. The molecule has 1 unspecified atom stereocenters. The number of amides is 1. The van der Waals surface area contributed by atoms with E-state index in [9.17, 15) is 13.2 Å². The second-order valence-corrected chi connectivity index (χ2v) is 9.78. The number of ether oxygens (including phenoxy) is 1. The Morgan fingerprint density at radius 1 is 1.20 bits per heavy atom. The Bertz CT molecular complexity index is 1190. The molecule has 10 heteroatoms. The molecule has 1 atom stereocenters. The molecule has 1 amide bonds. The fourth-order valence-corrected chi connectivity index (χ4v) is 4.54. The number of nitrogens with one attached hydrogen (secondary N) is 1. The third-order valence-corrected chi connectivity index (χ3v) is 7.33. The van der Waals surface area contributed by atoms with Gasteiger partial charge in [0, 0.05) is 16.8 Å². The molecule has 0 spiro atoms. The van der Waals surface area contributed by atoms with Gasteiger partial charge in [-0.25, -0.2) is 8.42 Å². The Labute approximate surface area is 188 Å². The van der Waals surface area contributed by atoms with E-state index in [1.54, 1.807) is 23.9 Å². The highest BCUT2D eigenvalue weighted by molar-refractivity contribution is 9.10. The average Bonchev–Trinajstić information content (AvgIpc) is 3.05. The molecule has 0 aliphatic carbocycles. The molecule has 0 saturated carbocycles. The van der Waals surface area contributed by atoms with Crippen LogP contribution >= 0.6 is 27.5 Å². The highest BCUT2D eigenvalue weighted by Crippen LogP contribution is 2.29. The minimum atomic E-state index is -3.84. The van der Waals surface area contributed by atoms with Crippen molar-refractivity contribution < 1.29 is 17.9 Å². The Hall–Kier alpha value is -2.36. The van der Waals surface area contributed by atoms with Crippen molar-refractivity contribution in [3.05, 3.63) is 63.9 Å². The maximum atomic E-state index is 13.0. The Kier molecular flexibility index (Phi) is 6.54. The normalized spacial score (nSPS) is 12.4. The number of anilines is 1. The standard InChI is InChI=1S/C20H19BrClN3O4S/c1-12-19(21)11-23-25(12)13(2)20(26)24-15-8-16(29-3)10-18(9-15)30(27,28)17-6-4-14(22)5-7-17/h4-11,13H,1-3H3,(H,24,26). The first-order chi connectivity index (χ1) is 14.1. The lowest BCUT2D eigenvalue weighted by Crippen LogP contribution is -2.25. The van der Waals surface area contributed by atoms with Crippen LogP contribution in [0.1, 0.15) is 18.7 Å². The van der Waals surface area contributed by atoms with Crippen molar-refractivity contribution >= 4 is 49.0 Å². The van der Waals surface area contributed by atoms with Crippen LogP contribution in [0, 0.1) is 6.92 Å². The van der Waals surface area contributed by atoms with E-state index in [-0.39, 0.29) is 15.7 Å². The number of rotatable bonds is 6. The maximum Gasteiger partial charge on any atom is 0.248 e. The van der Waals surface area contributed by atoms with Gasteiger partial charge in [-0.15, -0.1) is 0 Å². The number of benzene rings is 2. The lowest BCUT2D eigenvalue weighted by Gasteiger charge is -2.16. The van der Waals surface area contributed by atoms with Gasteiger partial charge in [0.15, 0.2) is 0 Å². The minimum Gasteiger partial charge on any atom is -0.497 e. The summed E-state index contributed by atoms with van der Waals surface area (Å²) >= 11 is 9.23. The zero-order valence-electron chi connectivity index (χ0n) is 16.4. The Morgan fingerprint density at radius 3 is 2.43 bits per heavy atom. The SMILES string of the molecule is COc1cc(NC(=O)C(C)n2ncc(Br)c2C)cc(S(=O)(=O)c2ccc(Cl)cc2)c1. The van der Waals surface area contributed by atoms with E-state index in [4.69, 9.17) is 16.3 Å². The number of aromatic nitrogens is 2. The molecule has 1 aromatic heterocycles. The van der Waals surface area contributed by atoms with E-state index >= 15 is 0 Å². The number of halogens is 2. The molecule has 7 nitrogen and oxygen atoms in total. The highest BCUT2D eigenvalue weighted by atomic mass is 79.9. The van der Waals surface area contributed by atoms with Crippen LogP contribution in [0.4, 0.5) is 5.69 Å². The van der Waals surface area contributed by atoms with Crippen molar-refractivity contribution in [3.8, 4) is 5.75 Å². The van der Waals surface area contributed by atoms with Crippen LogP contribution in [0.15, 0.2) is 62.9 Å². The molecule has 3 rings (SSSR count). The van der Waals surface area contributed by atoms with Gasteiger partial charge < -0.3 is 10.1 Å². The van der Waals surface area contributed by atoms with Crippen molar-refractivity contribution in [1.82, 2.24) is 9.78 Å². The molecule has 158 valence electrons. The molecule has 3 aromatic rings. The summed E-state index contributed by atoms with van der Waals surface area (Å²) in [5.74, 6) is -0.0530. The molecular formula is C20H19BrClN3O4S. The topological polar surface area (TPSA) is 90.3 Å². The molecular weight excluding hydrogens is 494 g/mol. The molecule has 0 fully saturated rings. The summed E-state index contributed by atoms with van der Waals surface area (Å²) in [4.78, 5) is 12.8. The number of nitrogens with zero attached hydrogens (tertiary/aromatic N) is 2. The summed E-state index contributed by atoms with van der Waals surface area (Å²) < 4.78 is 33.6. The minimum absolute atomic E-state index is 0.00913. The number of carbonyl (C=O) groups excluding carboxylic acids is 1. The van der Waals surface area contributed by atoms with Crippen LogP contribution in [-0.4, -0.2) is 31.2 Å². The smallest absolute Gasteiger partial charge is 0.248 e. The summed E-state index contributed by atoms with van der Waals surface area (Å²) in [6.07, 6.45) is 1.61. The lowest BCUT2D eigenvalue weighted by molar-refractivity contribution is -0.119. The van der Waals surface area contributed by atoms with Gasteiger partial charge in [0.2, 0.25) is 15.7 Å². The maximum absolute atomic E-state index is 13.0. The van der Waals surface area contributed by atoms with E-state index in [1.807, 2.05) is 6.92 Å². The zero-order valence-corrected chi connectivity index (χ0v) is 19.5. The Morgan fingerprint density at radius 2 is 1.87 bits per heavy atom. The van der Waals surface area contributed by atoms with Gasteiger partial charge in [0.05, 0.1) is 33.3 Å². The first-order valence-electron chi connectivity index (χ1n) is 8.83. The van der Waals surface area contributed by atoms with Crippen LogP contribution in [0.3, 0.4) is 0 Å². The van der Waals surface area contributed by atoms with Crippen molar-refractivity contribution in [3.63, 3.8) is 0 Å². The number of carbonyl (C=O) groups is 1. The second kappa shape index (κ2) is 8.79. The van der Waals surface area contributed by atoms with Gasteiger partial charge in [-0.05, 0) is 66.2 Å². The molecule has 2 aromatic carbocycles. The van der Waals surface area contributed by atoms with Gasteiger partial charge in [-0.3, -0.25) is 9.48 Å². The lowest BCUT2D eigenvalue weighted by atomic mass is 10.2. The third kappa shape index (κ3) is 4.53. The van der Waals surface area contributed by atoms with Crippen LogP contribution in [-0.2, 0) is 14.6 Å². The van der Waals surface area contributed by atoms with Gasteiger partial charge in [0.25, 0.3) is 0 Å². The number of hydrogen-bond donors (Lipinski definition) is 1. The molecule has 0 aliphatic heterocycles. The van der Waals surface area contributed by atoms with Crippen LogP contribution in [0.2, 0.25) is 5.02 Å². The van der Waals surface area contributed by atoms with Gasteiger partial charge in [-0.1, -0.05) is 11.6 Å². The monoisotopic (exact) mass is 511 g/mol. The largest absolute Gasteiger partial charge is 0.497 e. The number of sulfone groups is 1. The zero-order chi connectivity index (χ0) is 22.1. The van der Waals surface area contributed by atoms with E-state index in [2.05, 4.69) is 26.3 Å². The van der Waals surface area contributed by atoms with Gasteiger partial charge >= 0.3 is 0 Å².